The van der Waals surface area contributed by atoms with Crippen LogP contribution in [0.2, 0.25) is 0 Å². The highest BCUT2D eigenvalue weighted by Crippen LogP contribution is 2.28. The average Bonchev–Trinajstić information content (AvgIpc) is 2.94. The van der Waals surface area contributed by atoms with Crippen molar-refractivity contribution in [3.05, 3.63) is 16.1 Å². The van der Waals surface area contributed by atoms with Gasteiger partial charge in [-0.1, -0.05) is 6.92 Å². The highest BCUT2D eigenvalue weighted by atomic mass is 32.1. The fourth-order valence-corrected chi connectivity index (χ4v) is 3.49. The van der Waals surface area contributed by atoms with Crippen LogP contribution in [-0.2, 0) is 22.4 Å². The Labute approximate surface area is 130 Å². The first-order valence-electron chi connectivity index (χ1n) is 7.57. The molecule has 0 spiro atoms. The largest absolute Gasteiger partial charge is 0.384 e. The zero-order chi connectivity index (χ0) is 15.1. The standard InChI is InChI=1S/C15H25N3O2S/c1-3-14-18-12(9-21-14)8-13(19)17-10-15(11-20-2)4-6-16-7-5-15/h9,16H,3-8,10-11H2,1-2H3,(H,17,19). The molecule has 1 aromatic heterocycles. The maximum atomic E-state index is 12.1. The molecule has 21 heavy (non-hydrogen) atoms. The first-order chi connectivity index (χ1) is 10.2. The molecule has 1 saturated heterocycles. The van der Waals surface area contributed by atoms with Crippen molar-refractivity contribution in [2.75, 3.05) is 33.4 Å². The number of nitrogens with zero attached hydrogens (tertiary/aromatic N) is 1. The van der Waals surface area contributed by atoms with Gasteiger partial charge in [-0.2, -0.15) is 0 Å². The van der Waals surface area contributed by atoms with Gasteiger partial charge in [0.2, 0.25) is 5.91 Å². The molecule has 0 aliphatic carbocycles. The van der Waals surface area contributed by atoms with Crippen molar-refractivity contribution < 1.29 is 9.53 Å². The highest BCUT2D eigenvalue weighted by molar-refractivity contribution is 7.09. The lowest BCUT2D eigenvalue weighted by Crippen LogP contribution is -2.47. The molecule has 0 saturated carbocycles. The van der Waals surface area contributed by atoms with Gasteiger partial charge >= 0.3 is 0 Å². The maximum Gasteiger partial charge on any atom is 0.226 e. The highest BCUT2D eigenvalue weighted by Gasteiger charge is 2.32. The molecular formula is C15H25N3O2S. The van der Waals surface area contributed by atoms with Crippen LogP contribution in [0, 0.1) is 5.41 Å². The summed E-state index contributed by atoms with van der Waals surface area (Å²) in [7, 11) is 1.73. The van der Waals surface area contributed by atoms with Crippen molar-refractivity contribution in [1.29, 1.82) is 0 Å². The Morgan fingerprint density at radius 2 is 2.29 bits per heavy atom. The molecular weight excluding hydrogens is 286 g/mol. The van der Waals surface area contributed by atoms with Crippen molar-refractivity contribution in [3.63, 3.8) is 0 Å². The van der Waals surface area contributed by atoms with Crippen molar-refractivity contribution in [2.24, 2.45) is 5.41 Å². The van der Waals surface area contributed by atoms with E-state index in [0.717, 1.165) is 43.1 Å². The lowest BCUT2D eigenvalue weighted by atomic mass is 9.79. The van der Waals surface area contributed by atoms with Gasteiger partial charge in [-0.15, -0.1) is 11.3 Å². The van der Waals surface area contributed by atoms with Gasteiger partial charge in [-0.05, 0) is 32.4 Å². The first kappa shape index (κ1) is 16.4. The number of rotatable bonds is 7. The van der Waals surface area contributed by atoms with Crippen molar-refractivity contribution in [1.82, 2.24) is 15.6 Å². The van der Waals surface area contributed by atoms with Gasteiger partial charge in [-0.3, -0.25) is 4.79 Å². The van der Waals surface area contributed by atoms with Crippen LogP contribution in [-0.4, -0.2) is 44.2 Å². The molecule has 1 aromatic rings. The number of carbonyl (C=O) groups excluding carboxylic acids is 1. The molecule has 0 bridgehead atoms. The van der Waals surface area contributed by atoms with Gasteiger partial charge in [0.15, 0.2) is 0 Å². The fourth-order valence-electron chi connectivity index (χ4n) is 2.74. The summed E-state index contributed by atoms with van der Waals surface area (Å²) in [6.07, 6.45) is 3.38. The van der Waals surface area contributed by atoms with Crippen LogP contribution in [0.1, 0.15) is 30.5 Å². The Morgan fingerprint density at radius 1 is 1.52 bits per heavy atom. The van der Waals surface area contributed by atoms with Gasteiger partial charge in [0.05, 0.1) is 23.7 Å². The second-order valence-electron chi connectivity index (χ2n) is 5.72. The Bertz CT molecular complexity index is 450. The molecule has 1 aliphatic rings. The van der Waals surface area contributed by atoms with Crippen LogP contribution in [0.5, 0.6) is 0 Å². The molecule has 1 aliphatic heterocycles. The molecule has 1 fully saturated rings. The number of carbonyl (C=O) groups is 1. The van der Waals surface area contributed by atoms with E-state index in [1.54, 1.807) is 18.4 Å². The normalized spacial score (nSPS) is 17.6. The van der Waals surface area contributed by atoms with E-state index in [-0.39, 0.29) is 11.3 Å². The molecule has 0 radical (unpaired) electrons. The number of aryl methyl sites for hydroxylation is 1. The van der Waals surface area contributed by atoms with Crippen molar-refractivity contribution in [3.8, 4) is 0 Å². The van der Waals surface area contributed by atoms with Crippen molar-refractivity contribution >= 4 is 17.2 Å². The third-order valence-electron chi connectivity index (χ3n) is 4.02. The monoisotopic (exact) mass is 311 g/mol. The summed E-state index contributed by atoms with van der Waals surface area (Å²) in [6, 6.07) is 0. The van der Waals surface area contributed by atoms with E-state index in [9.17, 15) is 4.79 Å². The van der Waals surface area contributed by atoms with Crippen LogP contribution in [0.25, 0.3) is 0 Å². The minimum absolute atomic E-state index is 0.0527. The van der Waals surface area contributed by atoms with Gasteiger partial charge in [-0.25, -0.2) is 4.98 Å². The summed E-state index contributed by atoms with van der Waals surface area (Å²) >= 11 is 1.63. The van der Waals surface area contributed by atoms with Gasteiger partial charge in [0, 0.05) is 24.4 Å². The third kappa shape index (κ3) is 4.76. The van der Waals surface area contributed by atoms with Gasteiger partial charge in [0.25, 0.3) is 0 Å². The Balaban J connectivity index is 1.83. The number of piperidine rings is 1. The summed E-state index contributed by atoms with van der Waals surface area (Å²) in [5, 5.41) is 9.50. The van der Waals surface area contributed by atoms with E-state index >= 15 is 0 Å². The summed E-state index contributed by atoms with van der Waals surface area (Å²) in [4.78, 5) is 16.5. The first-order valence-corrected chi connectivity index (χ1v) is 8.45. The van der Waals surface area contributed by atoms with E-state index in [2.05, 4.69) is 22.5 Å². The lowest BCUT2D eigenvalue weighted by molar-refractivity contribution is -0.121. The summed E-state index contributed by atoms with van der Waals surface area (Å²) in [5.41, 5.74) is 0.951. The summed E-state index contributed by atoms with van der Waals surface area (Å²) in [6.45, 7) is 5.45. The number of hydrogen-bond acceptors (Lipinski definition) is 5. The minimum atomic E-state index is 0.0527. The summed E-state index contributed by atoms with van der Waals surface area (Å²) < 4.78 is 5.36. The average molecular weight is 311 g/mol. The van der Waals surface area contributed by atoms with Crippen LogP contribution in [0.15, 0.2) is 5.38 Å². The number of aromatic nitrogens is 1. The SMILES string of the molecule is CCc1nc(CC(=O)NCC2(COC)CCNCC2)cs1. The topological polar surface area (TPSA) is 63.2 Å². The molecule has 5 nitrogen and oxygen atoms in total. The van der Waals surface area contributed by atoms with E-state index in [1.165, 1.54) is 0 Å². The third-order valence-corrected chi connectivity index (χ3v) is 5.06. The zero-order valence-electron chi connectivity index (χ0n) is 12.9. The minimum Gasteiger partial charge on any atom is -0.384 e. The van der Waals surface area contributed by atoms with Crippen LogP contribution < -0.4 is 10.6 Å². The van der Waals surface area contributed by atoms with Gasteiger partial charge < -0.3 is 15.4 Å². The van der Waals surface area contributed by atoms with Crippen molar-refractivity contribution in [2.45, 2.75) is 32.6 Å². The number of nitrogens with one attached hydrogen (secondary N) is 2. The van der Waals surface area contributed by atoms with Crippen LogP contribution in [0.4, 0.5) is 0 Å². The molecule has 2 heterocycles. The van der Waals surface area contributed by atoms with Crippen LogP contribution >= 0.6 is 11.3 Å². The Hall–Kier alpha value is -0.980. The van der Waals surface area contributed by atoms with E-state index in [0.29, 0.717) is 19.6 Å². The zero-order valence-corrected chi connectivity index (χ0v) is 13.7. The molecule has 0 atom stereocenters. The fraction of sp³-hybridized carbons (Fsp3) is 0.733. The smallest absolute Gasteiger partial charge is 0.226 e. The molecule has 0 unspecified atom stereocenters. The number of methoxy groups -OCH3 is 1. The lowest BCUT2D eigenvalue weighted by Gasteiger charge is -2.37. The maximum absolute atomic E-state index is 12.1. The van der Waals surface area contributed by atoms with Gasteiger partial charge in [0.1, 0.15) is 0 Å². The number of hydrogen-bond donors (Lipinski definition) is 2. The molecule has 0 aromatic carbocycles. The van der Waals surface area contributed by atoms with E-state index in [1.807, 2.05) is 5.38 Å². The Morgan fingerprint density at radius 3 is 2.90 bits per heavy atom. The molecule has 1 amide bonds. The van der Waals surface area contributed by atoms with Crippen LogP contribution in [0.3, 0.4) is 0 Å². The predicted octanol–water partition coefficient (Wildman–Crippen LogP) is 1.38. The van der Waals surface area contributed by atoms with E-state index in [4.69, 9.17) is 4.74 Å². The number of amides is 1. The molecule has 118 valence electrons. The second kappa shape index (κ2) is 7.87. The molecule has 6 heteroatoms. The van der Waals surface area contributed by atoms with E-state index < -0.39 is 0 Å². The predicted molar refractivity (Wildman–Crippen MR) is 84.6 cm³/mol. The number of thiazole rings is 1. The number of ether oxygens (including phenoxy) is 1. The summed E-state index contributed by atoms with van der Waals surface area (Å²) in [5.74, 6) is 0.0527. The Kier molecular flexibility index (Phi) is 6.14. The second-order valence-corrected chi connectivity index (χ2v) is 6.67. The molecule has 2 rings (SSSR count). The molecule has 2 N–H and O–H groups in total. The quantitative estimate of drug-likeness (QED) is 0.798.